The van der Waals surface area contributed by atoms with E-state index in [2.05, 4.69) is 15.6 Å². The Morgan fingerprint density at radius 2 is 1.97 bits per heavy atom. The summed E-state index contributed by atoms with van der Waals surface area (Å²) in [6, 6.07) is 12.8. The van der Waals surface area contributed by atoms with E-state index in [4.69, 9.17) is 14.0 Å². The molecule has 2 aromatic carbocycles. The molecule has 1 amide bonds. The van der Waals surface area contributed by atoms with E-state index in [1.54, 1.807) is 23.7 Å². The molecule has 5 aromatic rings. The van der Waals surface area contributed by atoms with Crippen molar-refractivity contribution < 1.29 is 18.8 Å². The van der Waals surface area contributed by atoms with Crippen LogP contribution >= 0.6 is 0 Å². The lowest BCUT2D eigenvalue weighted by Crippen LogP contribution is -2.24. The van der Waals surface area contributed by atoms with Crippen molar-refractivity contribution in [1.29, 1.82) is 0 Å². The van der Waals surface area contributed by atoms with Gasteiger partial charge in [-0.3, -0.25) is 19.1 Å². The number of nitrogens with one attached hydrogen (secondary N) is 1. The van der Waals surface area contributed by atoms with Crippen LogP contribution in [-0.2, 0) is 11.9 Å². The number of aromatic nitrogens is 3. The molecule has 0 bridgehead atoms. The number of amides is 1. The maximum atomic E-state index is 13.5. The number of rotatable bonds is 6. The van der Waals surface area contributed by atoms with E-state index in [1.165, 1.54) is 13.3 Å². The quantitative estimate of drug-likeness (QED) is 0.335. The molecule has 1 N–H and O–H groups in total. The van der Waals surface area contributed by atoms with Crippen LogP contribution < -0.4 is 15.6 Å². The SMILES string of the molecule is CONC(=O)c1ncccc1O[C@H](C)c1cc(C)cc2c(=O)c(C)c(-c3ccc4nn(C)cc4c3)oc12. The van der Waals surface area contributed by atoms with Gasteiger partial charge in [-0.05, 0) is 68.8 Å². The van der Waals surface area contributed by atoms with Gasteiger partial charge in [-0.1, -0.05) is 0 Å². The smallest absolute Gasteiger partial charge is 0.297 e. The normalized spacial score (nSPS) is 12.1. The Labute approximate surface area is 212 Å². The Morgan fingerprint density at radius 3 is 2.76 bits per heavy atom. The predicted octanol–water partition coefficient (Wildman–Crippen LogP) is 4.79. The Kier molecular flexibility index (Phi) is 6.22. The summed E-state index contributed by atoms with van der Waals surface area (Å²) in [4.78, 5) is 34.7. The van der Waals surface area contributed by atoms with Gasteiger partial charge in [-0.15, -0.1) is 0 Å². The van der Waals surface area contributed by atoms with Crippen LogP contribution in [-0.4, -0.2) is 27.8 Å². The van der Waals surface area contributed by atoms with Gasteiger partial charge in [0.25, 0.3) is 5.91 Å². The predicted molar refractivity (Wildman–Crippen MR) is 139 cm³/mol. The molecule has 188 valence electrons. The minimum Gasteiger partial charge on any atom is -0.483 e. The molecule has 0 spiro atoms. The highest BCUT2D eigenvalue weighted by atomic mass is 16.6. The van der Waals surface area contributed by atoms with Crippen molar-refractivity contribution in [2.75, 3.05) is 7.11 Å². The summed E-state index contributed by atoms with van der Waals surface area (Å²) >= 11 is 0. The lowest BCUT2D eigenvalue weighted by atomic mass is 9.99. The maximum Gasteiger partial charge on any atom is 0.297 e. The van der Waals surface area contributed by atoms with Gasteiger partial charge in [0.15, 0.2) is 16.9 Å². The van der Waals surface area contributed by atoms with Gasteiger partial charge in [0.05, 0.1) is 18.0 Å². The summed E-state index contributed by atoms with van der Waals surface area (Å²) in [7, 11) is 3.21. The van der Waals surface area contributed by atoms with Gasteiger partial charge in [0, 0.05) is 41.5 Å². The van der Waals surface area contributed by atoms with E-state index in [0.29, 0.717) is 27.9 Å². The number of carbonyl (C=O) groups is 1. The van der Waals surface area contributed by atoms with Crippen LogP contribution in [0.2, 0.25) is 0 Å². The fourth-order valence-corrected chi connectivity index (χ4v) is 4.49. The summed E-state index contributed by atoms with van der Waals surface area (Å²) < 4.78 is 14.4. The first-order valence-corrected chi connectivity index (χ1v) is 11.7. The zero-order chi connectivity index (χ0) is 26.3. The summed E-state index contributed by atoms with van der Waals surface area (Å²) in [6.07, 6.45) is 2.85. The van der Waals surface area contributed by atoms with E-state index >= 15 is 0 Å². The largest absolute Gasteiger partial charge is 0.483 e. The van der Waals surface area contributed by atoms with Gasteiger partial charge in [0.2, 0.25) is 0 Å². The molecule has 0 unspecified atom stereocenters. The highest BCUT2D eigenvalue weighted by Gasteiger charge is 2.22. The van der Waals surface area contributed by atoms with Crippen LogP contribution in [0.15, 0.2) is 64.1 Å². The summed E-state index contributed by atoms with van der Waals surface area (Å²) in [6.45, 7) is 5.52. The second kappa shape index (κ2) is 9.51. The van der Waals surface area contributed by atoms with Crippen molar-refractivity contribution in [3.63, 3.8) is 0 Å². The number of hydrogen-bond acceptors (Lipinski definition) is 7. The Bertz CT molecular complexity index is 1720. The fraction of sp³-hybridized carbons (Fsp3) is 0.214. The lowest BCUT2D eigenvalue weighted by Gasteiger charge is -2.19. The molecular weight excluding hydrogens is 472 g/mol. The van der Waals surface area contributed by atoms with Crippen LogP contribution in [0.3, 0.4) is 0 Å². The third-order valence-electron chi connectivity index (χ3n) is 6.20. The molecule has 0 aliphatic rings. The number of carbonyl (C=O) groups excluding carboxylic acids is 1. The first-order chi connectivity index (χ1) is 17.8. The van der Waals surface area contributed by atoms with Crippen molar-refractivity contribution in [3.8, 4) is 17.1 Å². The Balaban J connectivity index is 1.63. The van der Waals surface area contributed by atoms with E-state index in [-0.39, 0.29) is 16.9 Å². The van der Waals surface area contributed by atoms with Gasteiger partial charge >= 0.3 is 0 Å². The molecule has 1 atom stereocenters. The van der Waals surface area contributed by atoms with E-state index < -0.39 is 12.0 Å². The van der Waals surface area contributed by atoms with Gasteiger partial charge in [-0.25, -0.2) is 10.5 Å². The second-order valence-electron chi connectivity index (χ2n) is 8.94. The zero-order valence-electron chi connectivity index (χ0n) is 21.2. The van der Waals surface area contributed by atoms with E-state index in [0.717, 1.165) is 22.0 Å². The first kappa shape index (κ1) is 24.2. The molecule has 37 heavy (non-hydrogen) atoms. The maximum absolute atomic E-state index is 13.5. The Hall–Kier alpha value is -4.50. The zero-order valence-corrected chi connectivity index (χ0v) is 21.2. The van der Waals surface area contributed by atoms with Crippen molar-refractivity contribution in [3.05, 3.63) is 87.5 Å². The number of aryl methyl sites for hydroxylation is 2. The van der Waals surface area contributed by atoms with Crippen molar-refractivity contribution in [2.24, 2.45) is 7.05 Å². The number of ether oxygens (including phenoxy) is 1. The average molecular weight is 499 g/mol. The van der Waals surface area contributed by atoms with Gasteiger partial charge in [0.1, 0.15) is 17.4 Å². The van der Waals surface area contributed by atoms with E-state index in [1.807, 2.05) is 57.4 Å². The number of nitrogens with zero attached hydrogens (tertiary/aromatic N) is 3. The lowest BCUT2D eigenvalue weighted by molar-refractivity contribution is 0.0526. The molecule has 0 saturated heterocycles. The highest BCUT2D eigenvalue weighted by Crippen LogP contribution is 2.34. The van der Waals surface area contributed by atoms with Crippen LogP contribution in [0.5, 0.6) is 5.75 Å². The Morgan fingerprint density at radius 1 is 1.16 bits per heavy atom. The first-order valence-electron chi connectivity index (χ1n) is 11.7. The number of benzene rings is 2. The summed E-state index contributed by atoms with van der Waals surface area (Å²) in [5.74, 6) is 0.229. The molecule has 5 rings (SSSR count). The van der Waals surface area contributed by atoms with Crippen LogP contribution in [0.1, 0.15) is 40.2 Å². The standard InChI is InChI=1S/C28H26N4O5/c1-15-11-20(17(3)36-23-7-6-10-29-24(23)28(34)31-35-5)27-21(12-15)25(33)16(2)26(37-27)18-8-9-22-19(13-18)14-32(4)30-22/h6-14,17H,1-5H3,(H,31,34)/t17-/m1/s1. The van der Waals surface area contributed by atoms with Crippen molar-refractivity contribution in [1.82, 2.24) is 20.2 Å². The van der Waals surface area contributed by atoms with Crippen molar-refractivity contribution >= 4 is 27.8 Å². The average Bonchev–Trinajstić information content (AvgIpc) is 3.25. The minimum atomic E-state index is -0.569. The van der Waals surface area contributed by atoms with Crippen LogP contribution in [0.25, 0.3) is 33.2 Å². The highest BCUT2D eigenvalue weighted by molar-refractivity contribution is 5.94. The molecule has 0 saturated carbocycles. The van der Waals surface area contributed by atoms with Crippen molar-refractivity contribution in [2.45, 2.75) is 26.9 Å². The number of hydroxylamine groups is 1. The van der Waals surface area contributed by atoms with Crippen LogP contribution in [0.4, 0.5) is 0 Å². The second-order valence-corrected chi connectivity index (χ2v) is 8.94. The number of fused-ring (bicyclic) bond motifs is 2. The minimum absolute atomic E-state index is 0.0796. The third-order valence-corrected chi connectivity index (χ3v) is 6.20. The molecule has 9 heteroatoms. The summed E-state index contributed by atoms with van der Waals surface area (Å²) in [5.41, 5.74) is 6.38. The third kappa shape index (κ3) is 4.45. The monoisotopic (exact) mass is 498 g/mol. The molecule has 0 fully saturated rings. The molecule has 9 nitrogen and oxygen atoms in total. The summed E-state index contributed by atoms with van der Waals surface area (Å²) in [5, 5.41) is 5.84. The van der Waals surface area contributed by atoms with E-state index in [9.17, 15) is 9.59 Å². The molecule has 3 aromatic heterocycles. The number of hydrogen-bond donors (Lipinski definition) is 1. The molecule has 0 aliphatic carbocycles. The number of pyridine rings is 1. The van der Waals surface area contributed by atoms with Gasteiger partial charge in [-0.2, -0.15) is 5.10 Å². The van der Waals surface area contributed by atoms with Gasteiger partial charge < -0.3 is 9.15 Å². The molecule has 3 heterocycles. The fourth-order valence-electron chi connectivity index (χ4n) is 4.49. The molecule has 0 aliphatic heterocycles. The molecular formula is C28H26N4O5. The topological polar surface area (TPSA) is 108 Å². The molecule has 0 radical (unpaired) electrons. The van der Waals surface area contributed by atoms with Crippen LogP contribution in [0, 0.1) is 13.8 Å².